The van der Waals surface area contributed by atoms with Crippen molar-refractivity contribution in [3.05, 3.63) is 0 Å². The second-order valence-electron chi connectivity index (χ2n) is 3.30. The van der Waals surface area contributed by atoms with Crippen LogP contribution in [0.25, 0.3) is 0 Å². The highest BCUT2D eigenvalue weighted by atomic mass is 32.2. The maximum Gasteiger partial charge on any atom is 0.140 e. The van der Waals surface area contributed by atoms with Gasteiger partial charge < -0.3 is 10.9 Å². The van der Waals surface area contributed by atoms with E-state index in [1.807, 2.05) is 11.8 Å². The van der Waals surface area contributed by atoms with Crippen LogP contribution in [-0.4, -0.2) is 46.6 Å². The van der Waals surface area contributed by atoms with E-state index in [1.165, 1.54) is 11.5 Å². The second-order valence-corrected chi connectivity index (χ2v) is 4.45. The number of oxime groups is 1. The smallest absolute Gasteiger partial charge is 0.140 e. The molecule has 0 aliphatic carbocycles. The predicted octanol–water partition coefficient (Wildman–Crippen LogP) is 0.560. The van der Waals surface area contributed by atoms with Gasteiger partial charge in [-0.05, 0) is 6.92 Å². The fourth-order valence-corrected chi connectivity index (χ4v) is 2.48. The van der Waals surface area contributed by atoms with E-state index in [2.05, 4.69) is 17.0 Å². The van der Waals surface area contributed by atoms with Gasteiger partial charge in [0, 0.05) is 37.1 Å². The summed E-state index contributed by atoms with van der Waals surface area (Å²) < 4.78 is 0. The molecular weight excluding hydrogens is 186 g/mol. The van der Waals surface area contributed by atoms with Gasteiger partial charge in [-0.3, -0.25) is 4.90 Å². The number of rotatable bonds is 3. The molecule has 0 aromatic rings. The Morgan fingerprint density at radius 2 is 2.54 bits per heavy atom. The lowest BCUT2D eigenvalue weighted by molar-refractivity contribution is 0.237. The average molecular weight is 203 g/mol. The first-order chi connectivity index (χ1) is 6.24. The molecule has 0 amide bonds. The van der Waals surface area contributed by atoms with Crippen molar-refractivity contribution in [2.24, 2.45) is 10.9 Å². The van der Waals surface area contributed by atoms with Gasteiger partial charge in [-0.1, -0.05) is 5.16 Å². The molecule has 1 heterocycles. The SMILES string of the molecule is CC1CSCCN1CC/C(N)=N/O. The van der Waals surface area contributed by atoms with Gasteiger partial charge in [0.25, 0.3) is 0 Å². The van der Waals surface area contributed by atoms with Crippen LogP contribution in [0.3, 0.4) is 0 Å². The molecule has 1 atom stereocenters. The number of hydrogen-bond acceptors (Lipinski definition) is 4. The molecule has 1 saturated heterocycles. The van der Waals surface area contributed by atoms with Crippen molar-refractivity contribution in [2.75, 3.05) is 24.6 Å². The van der Waals surface area contributed by atoms with Crippen LogP contribution >= 0.6 is 11.8 Å². The summed E-state index contributed by atoms with van der Waals surface area (Å²) in [7, 11) is 0. The summed E-state index contributed by atoms with van der Waals surface area (Å²) in [5.74, 6) is 2.71. The standard InChI is InChI=1S/C8H17N3OS/c1-7-6-13-5-4-11(7)3-2-8(9)10-12/h7,12H,2-6H2,1H3,(H2,9,10). The summed E-state index contributed by atoms with van der Waals surface area (Å²) in [6.45, 7) is 4.24. The van der Waals surface area contributed by atoms with E-state index in [1.54, 1.807) is 0 Å². The third-order valence-electron chi connectivity index (χ3n) is 2.29. The Morgan fingerprint density at radius 3 is 3.15 bits per heavy atom. The van der Waals surface area contributed by atoms with Crippen LogP contribution in [0, 0.1) is 0 Å². The van der Waals surface area contributed by atoms with Gasteiger partial charge in [-0.2, -0.15) is 11.8 Å². The molecule has 76 valence electrons. The molecule has 1 fully saturated rings. The minimum Gasteiger partial charge on any atom is -0.409 e. The fourth-order valence-electron chi connectivity index (χ4n) is 1.40. The number of nitrogens with zero attached hydrogens (tertiary/aromatic N) is 2. The monoisotopic (exact) mass is 203 g/mol. The molecule has 1 unspecified atom stereocenters. The minimum atomic E-state index is 0.324. The van der Waals surface area contributed by atoms with Crippen molar-refractivity contribution < 1.29 is 5.21 Å². The van der Waals surface area contributed by atoms with E-state index in [0.717, 1.165) is 13.1 Å². The van der Waals surface area contributed by atoms with Gasteiger partial charge in [0.1, 0.15) is 5.84 Å². The molecule has 0 spiro atoms. The summed E-state index contributed by atoms with van der Waals surface area (Å²) in [5, 5.41) is 11.3. The quantitative estimate of drug-likeness (QED) is 0.304. The van der Waals surface area contributed by atoms with Crippen LogP contribution < -0.4 is 5.73 Å². The van der Waals surface area contributed by atoms with Crippen molar-refractivity contribution in [3.63, 3.8) is 0 Å². The molecule has 0 aromatic heterocycles. The van der Waals surface area contributed by atoms with E-state index < -0.39 is 0 Å². The molecule has 1 aliphatic heterocycles. The molecular formula is C8H17N3OS. The lowest BCUT2D eigenvalue weighted by atomic mass is 10.2. The van der Waals surface area contributed by atoms with E-state index in [9.17, 15) is 0 Å². The van der Waals surface area contributed by atoms with Crippen LogP contribution in [0.4, 0.5) is 0 Å². The molecule has 0 radical (unpaired) electrons. The van der Waals surface area contributed by atoms with Crippen molar-refractivity contribution in [1.29, 1.82) is 0 Å². The molecule has 3 N–H and O–H groups in total. The van der Waals surface area contributed by atoms with Gasteiger partial charge in [-0.15, -0.1) is 0 Å². The maximum absolute atomic E-state index is 8.37. The molecule has 0 aromatic carbocycles. The fraction of sp³-hybridized carbons (Fsp3) is 0.875. The lowest BCUT2D eigenvalue weighted by Gasteiger charge is -2.32. The number of amidine groups is 1. The number of thioether (sulfide) groups is 1. The van der Waals surface area contributed by atoms with E-state index in [0.29, 0.717) is 18.3 Å². The normalized spacial score (nSPS) is 26.2. The van der Waals surface area contributed by atoms with Crippen molar-refractivity contribution in [2.45, 2.75) is 19.4 Å². The highest BCUT2D eigenvalue weighted by molar-refractivity contribution is 7.99. The Labute approximate surface area is 83.2 Å². The second kappa shape index (κ2) is 5.34. The van der Waals surface area contributed by atoms with Gasteiger partial charge in [0.15, 0.2) is 0 Å². The predicted molar refractivity (Wildman–Crippen MR) is 56.4 cm³/mol. The first kappa shape index (κ1) is 10.7. The lowest BCUT2D eigenvalue weighted by Crippen LogP contribution is -2.41. The largest absolute Gasteiger partial charge is 0.409 e. The molecule has 0 saturated carbocycles. The summed E-state index contributed by atoms with van der Waals surface area (Å²) in [6, 6.07) is 0.616. The zero-order valence-electron chi connectivity index (χ0n) is 7.94. The Kier molecular flexibility index (Phi) is 4.38. The first-order valence-electron chi connectivity index (χ1n) is 4.52. The minimum absolute atomic E-state index is 0.324. The molecule has 4 nitrogen and oxygen atoms in total. The van der Waals surface area contributed by atoms with Crippen LogP contribution in [0.5, 0.6) is 0 Å². The van der Waals surface area contributed by atoms with Crippen molar-refractivity contribution >= 4 is 17.6 Å². The first-order valence-corrected chi connectivity index (χ1v) is 5.67. The molecule has 0 bridgehead atoms. The maximum atomic E-state index is 8.37. The van der Waals surface area contributed by atoms with Crippen LogP contribution in [0.15, 0.2) is 5.16 Å². The summed E-state index contributed by atoms with van der Waals surface area (Å²) in [6.07, 6.45) is 0.658. The van der Waals surface area contributed by atoms with Crippen LogP contribution in [0.2, 0.25) is 0 Å². The van der Waals surface area contributed by atoms with Crippen molar-refractivity contribution in [1.82, 2.24) is 4.90 Å². The van der Waals surface area contributed by atoms with E-state index in [-0.39, 0.29) is 0 Å². The summed E-state index contributed by atoms with van der Waals surface area (Å²) in [5.41, 5.74) is 5.40. The van der Waals surface area contributed by atoms with Gasteiger partial charge in [0.2, 0.25) is 0 Å². The van der Waals surface area contributed by atoms with Crippen LogP contribution in [0.1, 0.15) is 13.3 Å². The van der Waals surface area contributed by atoms with Gasteiger partial charge in [0.05, 0.1) is 0 Å². The van der Waals surface area contributed by atoms with Crippen molar-refractivity contribution in [3.8, 4) is 0 Å². The molecule has 13 heavy (non-hydrogen) atoms. The Hall–Kier alpha value is -0.420. The Balaban J connectivity index is 2.26. The average Bonchev–Trinajstić information content (AvgIpc) is 2.16. The number of nitrogens with two attached hydrogens (primary N) is 1. The number of hydrogen-bond donors (Lipinski definition) is 2. The topological polar surface area (TPSA) is 61.8 Å². The van der Waals surface area contributed by atoms with E-state index in [4.69, 9.17) is 10.9 Å². The molecule has 5 heteroatoms. The molecule has 1 aliphatic rings. The summed E-state index contributed by atoms with van der Waals surface area (Å²) >= 11 is 1.99. The Morgan fingerprint density at radius 1 is 1.77 bits per heavy atom. The third-order valence-corrected chi connectivity index (χ3v) is 3.48. The van der Waals surface area contributed by atoms with Gasteiger partial charge in [-0.25, -0.2) is 0 Å². The zero-order chi connectivity index (χ0) is 9.68. The van der Waals surface area contributed by atoms with E-state index >= 15 is 0 Å². The third kappa shape index (κ3) is 3.44. The Bertz CT molecular complexity index is 186. The molecule has 1 rings (SSSR count). The van der Waals surface area contributed by atoms with Crippen LogP contribution in [-0.2, 0) is 0 Å². The highest BCUT2D eigenvalue weighted by Gasteiger charge is 2.17. The zero-order valence-corrected chi connectivity index (χ0v) is 8.76. The summed E-state index contributed by atoms with van der Waals surface area (Å²) in [4.78, 5) is 2.38. The highest BCUT2D eigenvalue weighted by Crippen LogP contribution is 2.15. The van der Waals surface area contributed by atoms with Gasteiger partial charge >= 0.3 is 0 Å².